The van der Waals surface area contributed by atoms with Gasteiger partial charge in [0.05, 0.1) is 85.7 Å². The quantitative estimate of drug-likeness (QED) is 0.148. The highest BCUT2D eigenvalue weighted by Crippen LogP contribution is 2.49. The van der Waals surface area contributed by atoms with Crippen molar-refractivity contribution < 1.29 is 30.2 Å². The molecule has 518 valence electrons. The Kier molecular flexibility index (Phi) is 9.83. The van der Waals surface area contributed by atoms with Crippen molar-refractivity contribution in [2.24, 2.45) is 0 Å². The van der Waals surface area contributed by atoms with E-state index in [-0.39, 0.29) is 122 Å². The Morgan fingerprint density at radius 2 is 0.559 bits per heavy atom. The van der Waals surface area contributed by atoms with Crippen LogP contribution in [0.2, 0.25) is 0 Å². The Labute approximate surface area is 673 Å². The van der Waals surface area contributed by atoms with E-state index < -0.39 is 133 Å². The zero-order valence-corrected chi connectivity index (χ0v) is 60.0. The largest absolute Gasteiger partial charge is 0.309 e. The SMILES string of the molecule is [2H]c1c2c3c(c([2H])c1C(C)(C)C)-n1c4c(-c5cccc(-c6ccccc6)c5)cccc4c4ccccc4c4ccccc4c4c(-n5c6c([2H])c([2H])c([2H])c([2H])c6c6c([2H])c([2H])c([2H])c([2H])c65)c([2H])c([2H])c(c41)B3c1c([2H])c([2H])c(-n3c4c([2H])c([2H])c([2H])c([2H])c4c4c([2H])c([2H])c([2H])c([2H])c43)c3c4ccccc4c4ccccc4c4cccc(-c5cccc(-c6ccccc6)c5)c4n-2c13. The van der Waals surface area contributed by atoms with Crippen LogP contribution < -0.4 is 16.4 Å². The van der Waals surface area contributed by atoms with Gasteiger partial charge in [-0.15, -0.1) is 0 Å². The lowest BCUT2D eigenvalue weighted by atomic mass is 9.34. The number of hydrogen-bond acceptors (Lipinski definition) is 0. The monoisotopic (exact) mass is 1430 g/mol. The molecule has 0 saturated heterocycles. The molecule has 0 radical (unpaired) electrons. The summed E-state index contributed by atoms with van der Waals surface area (Å²) in [6.07, 6.45) is 0. The number of hydrogen-bond donors (Lipinski definition) is 0. The summed E-state index contributed by atoms with van der Waals surface area (Å²) in [7, 11) is 0. The number of nitrogens with zero attached hydrogens (tertiary/aromatic N) is 4. The van der Waals surface area contributed by atoms with Crippen LogP contribution in [0.25, 0.3) is 198 Å². The maximum Gasteiger partial charge on any atom is 0.252 e. The van der Waals surface area contributed by atoms with E-state index in [9.17, 15) is 30.2 Å². The van der Waals surface area contributed by atoms with E-state index in [0.29, 0.717) is 87.1 Å². The molecule has 23 rings (SSSR count). The highest BCUT2D eigenvalue weighted by Gasteiger charge is 2.42. The van der Waals surface area contributed by atoms with Crippen molar-refractivity contribution in [3.63, 3.8) is 0 Å². The lowest BCUT2D eigenvalue weighted by molar-refractivity contribution is 0.589. The molecule has 17 aromatic carbocycles. The summed E-state index contributed by atoms with van der Waals surface area (Å²) in [6.45, 7) is 3.97. The maximum atomic E-state index is 12.1. The Bertz CT molecular complexity index is 8500. The zero-order valence-electron chi connectivity index (χ0n) is 82.0. The van der Waals surface area contributed by atoms with Gasteiger partial charge in [-0.1, -0.05) is 336 Å². The second kappa shape index (κ2) is 24.3. The smallest absolute Gasteiger partial charge is 0.252 e. The molecule has 4 aromatic heterocycles. The normalized spacial score (nSPS) is 15.2. The van der Waals surface area contributed by atoms with Gasteiger partial charge in [-0.2, -0.15) is 0 Å². The van der Waals surface area contributed by atoms with Crippen LogP contribution in [0.4, 0.5) is 0 Å². The molecule has 4 nitrogen and oxygen atoms in total. The van der Waals surface area contributed by atoms with Crippen LogP contribution in [-0.2, 0) is 5.41 Å². The first-order chi connectivity index (χ1) is 64.0. The summed E-state index contributed by atoms with van der Waals surface area (Å²) in [5, 5.41) is 3.97. The second-order valence-corrected chi connectivity index (χ2v) is 29.6. The van der Waals surface area contributed by atoms with Crippen LogP contribution >= 0.6 is 0 Å². The minimum atomic E-state index is -1.77. The summed E-state index contributed by atoms with van der Waals surface area (Å²) in [5.74, 6) is 0. The third-order valence-corrected chi connectivity index (χ3v) is 22.6. The van der Waals surface area contributed by atoms with Crippen molar-refractivity contribution in [2.45, 2.75) is 26.2 Å². The van der Waals surface area contributed by atoms with Crippen LogP contribution in [0.5, 0.6) is 0 Å². The van der Waals surface area contributed by atoms with Crippen LogP contribution in [0, 0.1) is 0 Å². The summed E-state index contributed by atoms with van der Waals surface area (Å²) in [4.78, 5) is 0. The predicted molar refractivity (Wildman–Crippen MR) is 474 cm³/mol. The zero-order chi connectivity index (χ0) is 92.5. The Morgan fingerprint density at radius 1 is 0.252 bits per heavy atom. The number of para-hydroxylation sites is 6. The average Bonchev–Trinajstić information content (AvgIpc) is 1.63. The first-order valence-electron chi connectivity index (χ1n) is 48.1. The Balaban J connectivity index is 1.10. The first kappa shape index (κ1) is 45.0. The lowest BCUT2D eigenvalue weighted by Crippen LogP contribution is -2.60. The van der Waals surface area contributed by atoms with Crippen molar-refractivity contribution in [1.82, 2.24) is 18.3 Å². The van der Waals surface area contributed by atoms with Crippen LogP contribution in [0.3, 0.4) is 0 Å². The molecule has 5 heteroatoms. The van der Waals surface area contributed by atoms with Gasteiger partial charge in [0.15, 0.2) is 0 Å². The van der Waals surface area contributed by atoms with Gasteiger partial charge in [0.25, 0.3) is 6.71 Å². The number of benzene rings is 17. The molecule has 0 atom stereocenters. The fraction of sp³-hybridized carbons (Fsp3) is 0.0377. The van der Waals surface area contributed by atoms with Crippen molar-refractivity contribution >= 4 is 153 Å². The van der Waals surface area contributed by atoms with Crippen molar-refractivity contribution in [3.05, 3.63) is 381 Å². The molecule has 0 unspecified atom stereocenters. The standard InChI is InChI=1S/C106H71BN4/c1-106(2,3)72-64-97-101-98(65-72)111-103-74(71-37-27-35-69(63-71)67-32-8-5-9-33-67)51-29-53-88(103)80-43-13-11-39-76(80)78-41-15-17-49-86(78)100-96(109-93-56-24-20-46-83(93)84-47-21-25-57-94(84)109)61-59-90(105(100)111)107(101)89-58-60-95(108-91-54-22-18-44-81(91)82-45-19-23-55-92(82)108)99-85-48-16-14-40-77(85)75-38-10-12-42-79(75)87-52-28-50-73(102(87)110(97)104(89)99)70-36-26-34-68(62-70)66-30-6-4-7-31-66/h4-65H,1-3H3/i18D,19D,20D,21D,22D,23D,24D,25D,44D,45D,46D,47D,54D,55D,56D,57D,58D,59D,60D,61D,64D,65D. The first-order valence-corrected chi connectivity index (χ1v) is 37.1. The number of rotatable bonds is 6. The van der Waals surface area contributed by atoms with Crippen LogP contribution in [-0.4, -0.2) is 25.0 Å². The number of aromatic nitrogens is 4. The van der Waals surface area contributed by atoms with Gasteiger partial charge < -0.3 is 18.3 Å². The van der Waals surface area contributed by atoms with E-state index in [2.05, 4.69) is 12.1 Å². The molecule has 0 aliphatic carbocycles. The van der Waals surface area contributed by atoms with E-state index in [1.165, 1.54) is 9.13 Å². The van der Waals surface area contributed by atoms with Gasteiger partial charge in [-0.05, 0) is 164 Å². The minimum absolute atomic E-state index is 0.0243. The lowest BCUT2D eigenvalue weighted by Gasteiger charge is -2.38. The summed E-state index contributed by atoms with van der Waals surface area (Å²) >= 11 is 0. The molecular formula is C106H71BN4. The third kappa shape index (κ3) is 9.30. The van der Waals surface area contributed by atoms with Gasteiger partial charge in [-0.25, -0.2) is 0 Å². The van der Waals surface area contributed by atoms with Crippen molar-refractivity contribution in [2.75, 3.05) is 0 Å². The molecule has 2 aliphatic rings. The van der Waals surface area contributed by atoms with Gasteiger partial charge in [0.1, 0.15) is 0 Å². The molecule has 6 heterocycles. The van der Waals surface area contributed by atoms with Crippen molar-refractivity contribution in [1.29, 1.82) is 0 Å². The van der Waals surface area contributed by atoms with E-state index in [1.807, 2.05) is 248 Å². The number of fused-ring (bicyclic) bond motifs is 24. The molecule has 111 heavy (non-hydrogen) atoms. The molecule has 0 fully saturated rings. The highest BCUT2D eigenvalue weighted by molar-refractivity contribution is 7.00. The van der Waals surface area contributed by atoms with Gasteiger partial charge >= 0.3 is 0 Å². The molecule has 0 amide bonds. The second-order valence-electron chi connectivity index (χ2n) is 29.6. The molecule has 0 spiro atoms. The molecule has 2 aliphatic heterocycles. The predicted octanol–water partition coefficient (Wildman–Crippen LogP) is 26.0. The molecule has 0 bridgehead atoms. The van der Waals surface area contributed by atoms with E-state index in [4.69, 9.17) is 0 Å². The van der Waals surface area contributed by atoms with Crippen LogP contribution in [0.1, 0.15) is 56.5 Å². The fourth-order valence-corrected chi connectivity index (χ4v) is 17.9. The summed E-state index contributed by atoms with van der Waals surface area (Å²) < 4.78 is 235. The summed E-state index contributed by atoms with van der Waals surface area (Å²) in [5.41, 5.74) is 3.46. The topological polar surface area (TPSA) is 19.7 Å². The Hall–Kier alpha value is -14.0. The highest BCUT2D eigenvalue weighted by atomic mass is 15.1. The van der Waals surface area contributed by atoms with Gasteiger partial charge in [0, 0.05) is 65.6 Å². The van der Waals surface area contributed by atoms with Crippen molar-refractivity contribution in [3.8, 4) is 67.3 Å². The van der Waals surface area contributed by atoms with E-state index >= 15 is 0 Å². The molecule has 0 N–H and O–H groups in total. The average molecular weight is 1430 g/mol. The van der Waals surface area contributed by atoms with Crippen LogP contribution in [0.15, 0.2) is 376 Å². The van der Waals surface area contributed by atoms with Gasteiger partial charge in [0.2, 0.25) is 0 Å². The molecule has 0 saturated carbocycles. The minimum Gasteiger partial charge on any atom is -0.309 e. The van der Waals surface area contributed by atoms with Gasteiger partial charge in [-0.3, -0.25) is 0 Å². The fourth-order valence-electron chi connectivity index (χ4n) is 17.9. The third-order valence-electron chi connectivity index (χ3n) is 22.6. The Morgan fingerprint density at radius 3 is 0.937 bits per heavy atom. The molecule has 21 aromatic rings. The van der Waals surface area contributed by atoms with E-state index in [1.54, 1.807) is 12.1 Å². The van der Waals surface area contributed by atoms with E-state index in [0.717, 1.165) is 22.3 Å². The maximum absolute atomic E-state index is 12.1. The molecular weight excluding hydrogens is 1340 g/mol. The summed E-state index contributed by atoms with van der Waals surface area (Å²) in [6, 6.07) is 63.4.